The summed E-state index contributed by atoms with van der Waals surface area (Å²) >= 11 is 0. The Morgan fingerprint density at radius 1 is 1.21 bits per heavy atom. The zero-order valence-electron chi connectivity index (χ0n) is 13.2. The van der Waals surface area contributed by atoms with E-state index in [4.69, 9.17) is 4.42 Å². The molecule has 2 aromatic rings. The van der Waals surface area contributed by atoms with Gasteiger partial charge in [0, 0.05) is 19.2 Å². The van der Waals surface area contributed by atoms with Crippen LogP contribution in [0.3, 0.4) is 0 Å². The van der Waals surface area contributed by atoms with Crippen molar-refractivity contribution in [3.8, 4) is 0 Å². The van der Waals surface area contributed by atoms with Gasteiger partial charge < -0.3 is 4.42 Å². The Morgan fingerprint density at radius 2 is 1.96 bits per heavy atom. The highest BCUT2D eigenvalue weighted by atomic mass is 32.2. The topological polar surface area (TPSA) is 79.6 Å². The van der Waals surface area contributed by atoms with E-state index in [-0.39, 0.29) is 6.54 Å². The molecule has 1 aliphatic rings. The highest BCUT2D eigenvalue weighted by Gasteiger charge is 2.27. The predicted molar refractivity (Wildman–Crippen MR) is 90.1 cm³/mol. The smallest absolute Gasteiger partial charge is 0.304 e. The van der Waals surface area contributed by atoms with E-state index in [2.05, 4.69) is 4.72 Å². The summed E-state index contributed by atoms with van der Waals surface area (Å²) in [6, 6.07) is 11.2. The number of benzene rings is 1. The summed E-state index contributed by atoms with van der Waals surface area (Å²) in [7, 11) is -3.87. The molecule has 0 unspecified atom stereocenters. The van der Waals surface area contributed by atoms with E-state index in [1.54, 1.807) is 19.1 Å². The third kappa shape index (κ3) is 3.74. The Bertz CT molecular complexity index is 884. The number of nitrogens with one attached hydrogen (secondary N) is 1. The number of amides is 1. The summed E-state index contributed by atoms with van der Waals surface area (Å²) in [5, 5.41) is 0. The Morgan fingerprint density at radius 3 is 2.67 bits per heavy atom. The van der Waals surface area contributed by atoms with Gasteiger partial charge >= 0.3 is 10.2 Å². The van der Waals surface area contributed by atoms with E-state index in [9.17, 15) is 13.2 Å². The number of aryl methyl sites for hydroxylation is 1. The molecular formula is C17H18N2O4S. The fourth-order valence-corrected chi connectivity index (χ4v) is 3.69. The number of hydrogen-bond acceptors (Lipinski definition) is 4. The normalized spacial score (nSPS) is 15.4. The molecule has 0 saturated heterocycles. The summed E-state index contributed by atoms with van der Waals surface area (Å²) in [6.07, 6.45) is 3.21. The second kappa shape index (κ2) is 6.62. The molecule has 2 heterocycles. The molecule has 0 atom stereocenters. The monoisotopic (exact) mass is 346 g/mol. The van der Waals surface area contributed by atoms with Crippen LogP contribution in [0.25, 0.3) is 6.08 Å². The zero-order valence-corrected chi connectivity index (χ0v) is 14.0. The van der Waals surface area contributed by atoms with Crippen LogP contribution < -0.4 is 4.72 Å². The van der Waals surface area contributed by atoms with E-state index in [0.29, 0.717) is 18.7 Å². The van der Waals surface area contributed by atoms with Crippen molar-refractivity contribution in [2.24, 2.45) is 0 Å². The molecule has 126 valence electrons. The van der Waals surface area contributed by atoms with Gasteiger partial charge in [0.25, 0.3) is 5.91 Å². The molecule has 1 aromatic carbocycles. The summed E-state index contributed by atoms with van der Waals surface area (Å²) in [5.74, 6) is 0.504. The second-order valence-corrected chi connectivity index (χ2v) is 7.28. The van der Waals surface area contributed by atoms with Crippen LogP contribution in [0.15, 0.2) is 46.9 Å². The fraction of sp³-hybridized carbons (Fsp3) is 0.235. The van der Waals surface area contributed by atoms with Gasteiger partial charge in [-0.15, -0.1) is 0 Å². The van der Waals surface area contributed by atoms with Gasteiger partial charge in [-0.2, -0.15) is 12.7 Å². The molecule has 1 aliphatic heterocycles. The van der Waals surface area contributed by atoms with E-state index in [1.807, 2.05) is 24.3 Å². The van der Waals surface area contributed by atoms with Gasteiger partial charge in [-0.1, -0.05) is 24.3 Å². The minimum atomic E-state index is -3.87. The van der Waals surface area contributed by atoms with Gasteiger partial charge in [0.05, 0.1) is 0 Å². The van der Waals surface area contributed by atoms with Crippen molar-refractivity contribution in [3.05, 3.63) is 65.1 Å². The first-order valence-corrected chi connectivity index (χ1v) is 9.01. The van der Waals surface area contributed by atoms with Crippen molar-refractivity contribution >= 4 is 22.2 Å². The first-order valence-electron chi connectivity index (χ1n) is 7.57. The lowest BCUT2D eigenvalue weighted by Crippen LogP contribution is -2.45. The first kappa shape index (κ1) is 16.5. The van der Waals surface area contributed by atoms with Crippen molar-refractivity contribution in [1.29, 1.82) is 0 Å². The van der Waals surface area contributed by atoms with Crippen LogP contribution in [0.5, 0.6) is 0 Å². The lowest BCUT2D eigenvalue weighted by atomic mass is 10.0. The van der Waals surface area contributed by atoms with Gasteiger partial charge in [-0.25, -0.2) is 4.72 Å². The van der Waals surface area contributed by atoms with Crippen LogP contribution in [-0.2, 0) is 28.0 Å². The predicted octanol–water partition coefficient (Wildman–Crippen LogP) is 2.02. The maximum Gasteiger partial charge on any atom is 0.304 e. The highest BCUT2D eigenvalue weighted by molar-refractivity contribution is 7.87. The molecule has 6 nitrogen and oxygen atoms in total. The Labute approximate surface area is 141 Å². The van der Waals surface area contributed by atoms with Crippen LogP contribution >= 0.6 is 0 Å². The lowest BCUT2D eigenvalue weighted by Gasteiger charge is -2.27. The summed E-state index contributed by atoms with van der Waals surface area (Å²) in [6.45, 7) is 2.40. The Hall–Kier alpha value is -2.38. The van der Waals surface area contributed by atoms with E-state index in [0.717, 1.165) is 23.0 Å². The average molecular weight is 346 g/mol. The number of nitrogens with zero attached hydrogens (tertiary/aromatic N) is 1. The Balaban J connectivity index is 1.66. The molecule has 7 heteroatoms. The molecule has 0 spiro atoms. The maximum atomic E-state index is 12.4. The standard InChI is InChI=1S/C17H18N2O4S/c1-13-6-7-16(23-13)8-9-17(20)18-24(21,22)19-11-10-14-4-2-3-5-15(14)12-19/h2-9H,10-12H2,1H3,(H,18,20)/b9-8+. The summed E-state index contributed by atoms with van der Waals surface area (Å²) in [5.41, 5.74) is 2.10. The van der Waals surface area contributed by atoms with Crippen LogP contribution in [0.1, 0.15) is 22.6 Å². The molecule has 1 aromatic heterocycles. The third-order valence-corrected chi connectivity index (χ3v) is 5.28. The van der Waals surface area contributed by atoms with Crippen molar-refractivity contribution < 1.29 is 17.6 Å². The van der Waals surface area contributed by atoms with Crippen molar-refractivity contribution in [1.82, 2.24) is 9.03 Å². The number of fused-ring (bicyclic) bond motifs is 1. The summed E-state index contributed by atoms with van der Waals surface area (Å²) in [4.78, 5) is 11.9. The van der Waals surface area contributed by atoms with Gasteiger partial charge in [0.15, 0.2) is 0 Å². The number of rotatable bonds is 4. The van der Waals surface area contributed by atoms with Gasteiger partial charge in [-0.05, 0) is 42.7 Å². The highest BCUT2D eigenvalue weighted by Crippen LogP contribution is 2.20. The molecule has 0 bridgehead atoms. The quantitative estimate of drug-likeness (QED) is 0.859. The molecule has 0 radical (unpaired) electrons. The zero-order chi connectivity index (χ0) is 17.2. The number of hydrogen-bond donors (Lipinski definition) is 1. The van der Waals surface area contributed by atoms with Crippen LogP contribution in [0.4, 0.5) is 0 Å². The third-order valence-electron chi connectivity index (χ3n) is 3.83. The summed E-state index contributed by atoms with van der Waals surface area (Å²) < 4.78 is 33.3. The average Bonchev–Trinajstić information content (AvgIpc) is 2.97. The molecule has 0 fully saturated rings. The minimum absolute atomic E-state index is 0.264. The maximum absolute atomic E-state index is 12.4. The van der Waals surface area contributed by atoms with Crippen molar-refractivity contribution in [3.63, 3.8) is 0 Å². The molecule has 0 aliphatic carbocycles. The van der Waals surface area contributed by atoms with Crippen LogP contribution in [-0.4, -0.2) is 25.2 Å². The Kier molecular flexibility index (Phi) is 4.55. The van der Waals surface area contributed by atoms with Crippen molar-refractivity contribution in [2.75, 3.05) is 6.54 Å². The molecule has 0 saturated carbocycles. The molecule has 24 heavy (non-hydrogen) atoms. The van der Waals surface area contributed by atoms with Gasteiger partial charge in [0.1, 0.15) is 11.5 Å². The van der Waals surface area contributed by atoms with Crippen LogP contribution in [0, 0.1) is 6.92 Å². The van der Waals surface area contributed by atoms with Crippen LogP contribution in [0.2, 0.25) is 0 Å². The molecule has 3 rings (SSSR count). The largest absolute Gasteiger partial charge is 0.462 e. The molecular weight excluding hydrogens is 328 g/mol. The minimum Gasteiger partial charge on any atom is -0.462 e. The van der Waals surface area contributed by atoms with Gasteiger partial charge in [-0.3, -0.25) is 4.79 Å². The number of carbonyl (C=O) groups excluding carboxylic acids is 1. The fourth-order valence-electron chi connectivity index (χ4n) is 2.60. The second-order valence-electron chi connectivity index (χ2n) is 5.61. The SMILES string of the molecule is Cc1ccc(/C=C/C(=O)NS(=O)(=O)N2CCc3ccccc3C2)o1. The first-order chi connectivity index (χ1) is 11.4. The van der Waals surface area contributed by atoms with E-state index < -0.39 is 16.1 Å². The van der Waals surface area contributed by atoms with E-state index in [1.165, 1.54) is 10.4 Å². The molecule has 1 amide bonds. The molecule has 1 N–H and O–H groups in total. The lowest BCUT2D eigenvalue weighted by molar-refractivity contribution is -0.114. The van der Waals surface area contributed by atoms with Gasteiger partial charge in [0.2, 0.25) is 0 Å². The number of carbonyl (C=O) groups is 1. The number of furan rings is 1. The van der Waals surface area contributed by atoms with E-state index >= 15 is 0 Å². The van der Waals surface area contributed by atoms with Crippen molar-refractivity contribution in [2.45, 2.75) is 19.9 Å².